The van der Waals surface area contributed by atoms with Crippen LogP contribution < -0.4 is 10.6 Å². The van der Waals surface area contributed by atoms with E-state index < -0.39 is 9.84 Å². The van der Waals surface area contributed by atoms with Gasteiger partial charge >= 0.3 is 0 Å². The highest BCUT2D eigenvalue weighted by Gasteiger charge is 2.31. The lowest BCUT2D eigenvalue weighted by Gasteiger charge is -2.25. The summed E-state index contributed by atoms with van der Waals surface area (Å²) in [6.45, 7) is 0. The van der Waals surface area contributed by atoms with E-state index in [1.54, 1.807) is 24.3 Å². The first kappa shape index (κ1) is 9.07. The van der Waals surface area contributed by atoms with Gasteiger partial charge in [0.1, 0.15) is 0 Å². The van der Waals surface area contributed by atoms with Crippen molar-refractivity contribution < 1.29 is 8.42 Å². The van der Waals surface area contributed by atoms with Gasteiger partial charge in [-0.05, 0) is 36.4 Å². The van der Waals surface area contributed by atoms with Gasteiger partial charge in [-0.1, -0.05) is 0 Å². The van der Waals surface area contributed by atoms with E-state index >= 15 is 0 Å². The molecular formula is C12H8N2O2S. The van der Waals surface area contributed by atoms with Crippen molar-refractivity contribution in [3.05, 3.63) is 36.4 Å². The van der Waals surface area contributed by atoms with Crippen molar-refractivity contribution in [1.82, 2.24) is 0 Å². The molecular weight excluding hydrogens is 236 g/mol. The Morgan fingerprint density at radius 2 is 1.29 bits per heavy atom. The van der Waals surface area contributed by atoms with Gasteiger partial charge in [0, 0.05) is 11.4 Å². The normalized spacial score (nSPS) is 16.9. The van der Waals surface area contributed by atoms with Crippen LogP contribution in [0.3, 0.4) is 0 Å². The fourth-order valence-corrected chi connectivity index (χ4v) is 3.90. The molecule has 2 aromatic rings. The first-order chi connectivity index (χ1) is 8.14. The van der Waals surface area contributed by atoms with Crippen molar-refractivity contribution in [2.45, 2.75) is 9.79 Å². The largest absolute Gasteiger partial charge is 0.355 e. The maximum Gasteiger partial charge on any atom is 0.210 e. The van der Waals surface area contributed by atoms with Gasteiger partial charge in [-0.15, -0.1) is 0 Å². The monoisotopic (exact) mass is 244 g/mol. The maximum atomic E-state index is 12.4. The summed E-state index contributed by atoms with van der Waals surface area (Å²) in [7, 11) is -3.39. The molecule has 2 aromatic carbocycles. The number of fused-ring (bicyclic) bond motifs is 2. The summed E-state index contributed by atoms with van der Waals surface area (Å²) < 4.78 is 24.8. The van der Waals surface area contributed by atoms with Gasteiger partial charge in [0.2, 0.25) is 9.84 Å². The Hall–Kier alpha value is -2.01. The molecule has 0 atom stereocenters. The van der Waals surface area contributed by atoms with Crippen molar-refractivity contribution in [2.24, 2.45) is 0 Å². The predicted molar refractivity (Wildman–Crippen MR) is 64.9 cm³/mol. The number of anilines is 4. The molecule has 2 N–H and O–H groups in total. The fraction of sp³-hybridized carbons (Fsp3) is 0. The highest BCUT2D eigenvalue weighted by molar-refractivity contribution is 7.92. The number of sulfone groups is 1. The third-order valence-electron chi connectivity index (χ3n) is 3.10. The summed E-state index contributed by atoms with van der Waals surface area (Å²) in [4.78, 5) is 0.679. The molecule has 5 heteroatoms. The van der Waals surface area contributed by atoms with Crippen LogP contribution in [0.25, 0.3) is 0 Å². The molecule has 0 aromatic heterocycles. The zero-order valence-corrected chi connectivity index (χ0v) is 9.51. The quantitative estimate of drug-likeness (QED) is 0.499. The van der Waals surface area contributed by atoms with Crippen molar-refractivity contribution in [2.75, 3.05) is 10.6 Å². The Bertz CT molecular complexity index is 709. The maximum absolute atomic E-state index is 12.4. The second-order valence-electron chi connectivity index (χ2n) is 4.18. The smallest absolute Gasteiger partial charge is 0.210 e. The van der Waals surface area contributed by atoms with Gasteiger partial charge in [0.15, 0.2) is 0 Å². The van der Waals surface area contributed by atoms with E-state index in [2.05, 4.69) is 10.6 Å². The predicted octanol–water partition coefficient (Wildman–Crippen LogP) is 2.63. The molecule has 2 aliphatic rings. The molecule has 84 valence electrons. The van der Waals surface area contributed by atoms with E-state index in [-0.39, 0.29) is 0 Å². The lowest BCUT2D eigenvalue weighted by atomic mass is 10.2. The molecule has 0 amide bonds. The molecule has 0 saturated heterocycles. The summed E-state index contributed by atoms with van der Waals surface area (Å²) in [5, 5.41) is 6.33. The molecule has 0 radical (unpaired) electrons. The molecule has 0 aliphatic carbocycles. The first-order valence-corrected chi connectivity index (χ1v) is 6.70. The minimum absolute atomic E-state index is 0.340. The van der Waals surface area contributed by atoms with Crippen LogP contribution in [0.4, 0.5) is 22.7 Å². The van der Waals surface area contributed by atoms with E-state index in [1.807, 2.05) is 12.1 Å². The lowest BCUT2D eigenvalue weighted by Crippen LogP contribution is -2.15. The average molecular weight is 244 g/mol. The molecule has 4 rings (SSSR count). The van der Waals surface area contributed by atoms with E-state index in [0.29, 0.717) is 21.2 Å². The molecule has 0 saturated carbocycles. The molecule has 4 nitrogen and oxygen atoms in total. The van der Waals surface area contributed by atoms with E-state index in [4.69, 9.17) is 0 Å². The lowest BCUT2D eigenvalue weighted by molar-refractivity contribution is 0.596. The third-order valence-corrected chi connectivity index (χ3v) is 4.93. The molecule has 2 aliphatic heterocycles. The van der Waals surface area contributed by atoms with E-state index in [9.17, 15) is 8.42 Å². The molecule has 0 unspecified atom stereocenters. The molecule has 4 bridgehead atoms. The van der Waals surface area contributed by atoms with Crippen LogP contribution in [0.1, 0.15) is 0 Å². The summed E-state index contributed by atoms with van der Waals surface area (Å²) >= 11 is 0. The van der Waals surface area contributed by atoms with Gasteiger partial charge in [0.05, 0.1) is 21.2 Å². The Labute approximate surface area is 98.2 Å². The fourth-order valence-electron chi connectivity index (χ4n) is 2.28. The van der Waals surface area contributed by atoms with E-state index in [0.717, 1.165) is 11.4 Å². The van der Waals surface area contributed by atoms with Crippen LogP contribution >= 0.6 is 0 Å². The molecule has 0 spiro atoms. The van der Waals surface area contributed by atoms with Crippen LogP contribution in [0, 0.1) is 0 Å². The number of hydrogen-bond acceptors (Lipinski definition) is 4. The highest BCUT2D eigenvalue weighted by atomic mass is 32.2. The Kier molecular flexibility index (Phi) is 1.40. The molecule has 0 fully saturated rings. The average Bonchev–Trinajstić information content (AvgIpc) is 2.34. The number of benzene rings is 2. The minimum atomic E-state index is -3.39. The van der Waals surface area contributed by atoms with Crippen LogP contribution in [-0.2, 0) is 9.84 Å². The topological polar surface area (TPSA) is 58.2 Å². The first-order valence-electron chi connectivity index (χ1n) is 5.22. The highest BCUT2D eigenvalue weighted by Crippen LogP contribution is 2.43. The Morgan fingerprint density at radius 1 is 0.765 bits per heavy atom. The van der Waals surface area contributed by atoms with Gasteiger partial charge in [-0.3, -0.25) is 0 Å². The molecule has 17 heavy (non-hydrogen) atoms. The zero-order valence-electron chi connectivity index (χ0n) is 8.69. The van der Waals surface area contributed by atoms with Crippen LogP contribution in [0.15, 0.2) is 46.2 Å². The standard InChI is InChI=1S/C12H8N2O2S/c15-17(16)11-5-7-1-3-9(11)14-10-4-2-8(13-7)6-12(10)17/h1-6,13-14H. The number of nitrogens with one attached hydrogen (secondary N) is 2. The van der Waals surface area contributed by atoms with Crippen LogP contribution in [0.5, 0.6) is 0 Å². The van der Waals surface area contributed by atoms with Gasteiger partial charge < -0.3 is 10.6 Å². The van der Waals surface area contributed by atoms with Gasteiger partial charge in [-0.25, -0.2) is 8.42 Å². The molecule has 2 heterocycles. The van der Waals surface area contributed by atoms with Gasteiger partial charge in [0.25, 0.3) is 0 Å². The van der Waals surface area contributed by atoms with E-state index in [1.165, 1.54) is 0 Å². The minimum Gasteiger partial charge on any atom is -0.355 e. The van der Waals surface area contributed by atoms with Crippen molar-refractivity contribution in [1.29, 1.82) is 0 Å². The van der Waals surface area contributed by atoms with Crippen LogP contribution in [-0.4, -0.2) is 8.42 Å². The summed E-state index contributed by atoms with van der Waals surface area (Å²) in [5.74, 6) is 0. The Morgan fingerprint density at radius 3 is 1.82 bits per heavy atom. The number of rotatable bonds is 0. The third kappa shape index (κ3) is 1.04. The summed E-state index contributed by atoms with van der Waals surface area (Å²) in [5.41, 5.74) is 2.85. The zero-order chi connectivity index (χ0) is 11.6. The second kappa shape index (κ2) is 2.62. The van der Waals surface area contributed by atoms with Crippen LogP contribution in [0.2, 0.25) is 0 Å². The summed E-state index contributed by atoms with van der Waals surface area (Å²) in [6.07, 6.45) is 0. The van der Waals surface area contributed by atoms with Crippen molar-refractivity contribution in [3.8, 4) is 0 Å². The van der Waals surface area contributed by atoms with Crippen molar-refractivity contribution >= 4 is 32.6 Å². The van der Waals surface area contributed by atoms with Crippen molar-refractivity contribution in [3.63, 3.8) is 0 Å². The number of hydrogen-bond donors (Lipinski definition) is 2. The SMILES string of the molecule is O=S1(=O)c2cc3ccc2Nc2ccc(cc21)N3. The van der Waals surface area contributed by atoms with Gasteiger partial charge in [-0.2, -0.15) is 0 Å². The second-order valence-corrected chi connectivity index (χ2v) is 6.06. The summed E-state index contributed by atoms with van der Waals surface area (Å²) in [6, 6.07) is 10.6. The Balaban J connectivity index is 2.26.